The quantitative estimate of drug-likeness (QED) is 0.788. The molecular weight excluding hydrogens is 248 g/mol. The lowest BCUT2D eigenvalue weighted by atomic mass is 9.92. The van der Waals surface area contributed by atoms with Crippen LogP contribution in [-0.4, -0.2) is 21.5 Å². The molecule has 1 aromatic carbocycles. The minimum Gasteiger partial charge on any atom is -0.330 e. The molecule has 1 aliphatic carbocycles. The normalized spacial score (nSPS) is 15.4. The van der Waals surface area contributed by atoms with Crippen molar-refractivity contribution in [2.75, 3.05) is 13.1 Å². The van der Waals surface area contributed by atoms with Crippen molar-refractivity contribution < 1.29 is 8.42 Å². The maximum absolute atomic E-state index is 12.0. The molecule has 0 heterocycles. The van der Waals surface area contributed by atoms with E-state index in [1.165, 1.54) is 17.5 Å². The first kappa shape index (κ1) is 13.5. The van der Waals surface area contributed by atoms with Crippen LogP contribution in [0.25, 0.3) is 0 Å². The first-order valence-electron chi connectivity index (χ1n) is 6.45. The van der Waals surface area contributed by atoms with Gasteiger partial charge < -0.3 is 5.73 Å². The van der Waals surface area contributed by atoms with Gasteiger partial charge in [0.2, 0.25) is 10.0 Å². The predicted octanol–water partition coefficient (Wildman–Crippen LogP) is 1.19. The summed E-state index contributed by atoms with van der Waals surface area (Å²) in [5.41, 5.74) is 7.83. The number of aryl methyl sites for hydroxylation is 2. The van der Waals surface area contributed by atoms with E-state index in [4.69, 9.17) is 5.73 Å². The van der Waals surface area contributed by atoms with Gasteiger partial charge >= 0.3 is 0 Å². The number of benzene rings is 1. The summed E-state index contributed by atoms with van der Waals surface area (Å²) < 4.78 is 26.7. The number of hydrogen-bond donors (Lipinski definition) is 2. The first-order chi connectivity index (χ1) is 8.63. The first-order valence-corrected chi connectivity index (χ1v) is 7.93. The zero-order chi connectivity index (χ0) is 13.0. The molecule has 0 bridgehead atoms. The predicted molar refractivity (Wildman–Crippen MR) is 71.9 cm³/mol. The lowest BCUT2D eigenvalue weighted by Crippen LogP contribution is -2.26. The Hall–Kier alpha value is -0.910. The molecular formula is C13H20N2O2S. The molecule has 0 atom stereocenters. The van der Waals surface area contributed by atoms with Crippen molar-refractivity contribution in [1.82, 2.24) is 4.72 Å². The number of sulfonamides is 1. The molecule has 100 valence electrons. The fourth-order valence-electron chi connectivity index (χ4n) is 2.27. The number of fused-ring (bicyclic) bond motifs is 1. The SMILES string of the molecule is NCCCNS(=O)(=O)c1ccc2c(c1)CCCC2. The summed E-state index contributed by atoms with van der Waals surface area (Å²) in [7, 11) is -3.37. The van der Waals surface area contributed by atoms with Crippen LogP contribution >= 0.6 is 0 Å². The minimum atomic E-state index is -3.37. The fraction of sp³-hybridized carbons (Fsp3) is 0.538. The molecule has 0 aromatic heterocycles. The van der Waals surface area contributed by atoms with Crippen LogP contribution in [-0.2, 0) is 22.9 Å². The Bertz CT molecular complexity index is 512. The van der Waals surface area contributed by atoms with E-state index in [2.05, 4.69) is 4.72 Å². The lowest BCUT2D eigenvalue weighted by Gasteiger charge is -2.16. The van der Waals surface area contributed by atoms with Gasteiger partial charge in [-0.05, 0) is 61.9 Å². The van der Waals surface area contributed by atoms with Gasteiger partial charge in [0, 0.05) is 6.54 Å². The van der Waals surface area contributed by atoms with Gasteiger partial charge in [0.05, 0.1) is 4.90 Å². The molecule has 18 heavy (non-hydrogen) atoms. The Morgan fingerprint density at radius 1 is 1.17 bits per heavy atom. The van der Waals surface area contributed by atoms with Crippen molar-refractivity contribution in [3.63, 3.8) is 0 Å². The third kappa shape index (κ3) is 3.10. The summed E-state index contributed by atoms with van der Waals surface area (Å²) in [6.07, 6.45) is 5.06. The monoisotopic (exact) mass is 268 g/mol. The third-order valence-electron chi connectivity index (χ3n) is 3.30. The van der Waals surface area contributed by atoms with Crippen LogP contribution in [0.5, 0.6) is 0 Å². The molecule has 3 N–H and O–H groups in total. The van der Waals surface area contributed by atoms with Gasteiger partial charge in [-0.15, -0.1) is 0 Å². The highest BCUT2D eigenvalue weighted by Crippen LogP contribution is 2.23. The molecule has 0 radical (unpaired) electrons. The highest BCUT2D eigenvalue weighted by atomic mass is 32.2. The number of nitrogens with two attached hydrogens (primary N) is 1. The van der Waals surface area contributed by atoms with Crippen LogP contribution < -0.4 is 10.5 Å². The van der Waals surface area contributed by atoms with E-state index < -0.39 is 10.0 Å². The second-order valence-electron chi connectivity index (χ2n) is 4.68. The molecule has 0 saturated heterocycles. The number of nitrogens with one attached hydrogen (secondary N) is 1. The smallest absolute Gasteiger partial charge is 0.240 e. The maximum atomic E-state index is 12.0. The van der Waals surface area contributed by atoms with Gasteiger partial charge in [-0.1, -0.05) is 6.07 Å². The topological polar surface area (TPSA) is 72.2 Å². The van der Waals surface area contributed by atoms with Gasteiger partial charge in [0.15, 0.2) is 0 Å². The Morgan fingerprint density at radius 2 is 1.89 bits per heavy atom. The van der Waals surface area contributed by atoms with Gasteiger partial charge in [-0.2, -0.15) is 0 Å². The zero-order valence-corrected chi connectivity index (χ0v) is 11.3. The van der Waals surface area contributed by atoms with Crippen LogP contribution in [0.15, 0.2) is 23.1 Å². The van der Waals surface area contributed by atoms with Crippen LogP contribution in [0.1, 0.15) is 30.4 Å². The van der Waals surface area contributed by atoms with Gasteiger partial charge in [-0.25, -0.2) is 13.1 Å². The van der Waals surface area contributed by atoms with E-state index in [1.54, 1.807) is 6.07 Å². The molecule has 5 heteroatoms. The van der Waals surface area contributed by atoms with Crippen LogP contribution in [0.3, 0.4) is 0 Å². The van der Waals surface area contributed by atoms with Crippen molar-refractivity contribution in [3.05, 3.63) is 29.3 Å². The second kappa shape index (κ2) is 5.82. The summed E-state index contributed by atoms with van der Waals surface area (Å²) in [6, 6.07) is 5.47. The maximum Gasteiger partial charge on any atom is 0.240 e. The minimum absolute atomic E-state index is 0.375. The van der Waals surface area contributed by atoms with E-state index in [0.717, 1.165) is 19.3 Å². The molecule has 1 aromatic rings. The molecule has 0 fully saturated rings. The number of hydrogen-bond acceptors (Lipinski definition) is 3. The van der Waals surface area contributed by atoms with Gasteiger partial charge in [0.1, 0.15) is 0 Å². The Labute approximate surface area is 109 Å². The Kier molecular flexibility index (Phi) is 4.37. The Balaban J connectivity index is 2.17. The molecule has 1 aliphatic rings. The van der Waals surface area contributed by atoms with Crippen LogP contribution in [0.4, 0.5) is 0 Å². The average Bonchev–Trinajstić information content (AvgIpc) is 2.38. The molecule has 4 nitrogen and oxygen atoms in total. The summed E-state index contributed by atoms with van der Waals surface area (Å²) in [6.45, 7) is 0.891. The van der Waals surface area contributed by atoms with E-state index >= 15 is 0 Å². The second-order valence-corrected chi connectivity index (χ2v) is 6.44. The van der Waals surface area contributed by atoms with Gasteiger partial charge in [0.25, 0.3) is 0 Å². The van der Waals surface area contributed by atoms with E-state index in [-0.39, 0.29) is 0 Å². The van der Waals surface area contributed by atoms with Crippen molar-refractivity contribution >= 4 is 10.0 Å². The van der Waals surface area contributed by atoms with E-state index in [9.17, 15) is 8.42 Å². The van der Waals surface area contributed by atoms with E-state index in [0.29, 0.717) is 24.4 Å². The van der Waals surface area contributed by atoms with Crippen LogP contribution in [0, 0.1) is 0 Å². The highest BCUT2D eigenvalue weighted by Gasteiger charge is 2.16. The summed E-state index contributed by atoms with van der Waals surface area (Å²) >= 11 is 0. The van der Waals surface area contributed by atoms with Crippen LogP contribution in [0.2, 0.25) is 0 Å². The number of rotatable bonds is 5. The summed E-state index contributed by atoms with van der Waals surface area (Å²) in [5.74, 6) is 0. The van der Waals surface area contributed by atoms with Crippen molar-refractivity contribution in [3.8, 4) is 0 Å². The van der Waals surface area contributed by atoms with E-state index in [1.807, 2.05) is 12.1 Å². The molecule has 0 saturated carbocycles. The molecule has 0 unspecified atom stereocenters. The van der Waals surface area contributed by atoms with Crippen molar-refractivity contribution in [2.45, 2.75) is 37.0 Å². The average molecular weight is 268 g/mol. The zero-order valence-electron chi connectivity index (χ0n) is 10.5. The standard InChI is InChI=1S/C13H20N2O2S/c14-8-3-9-15-18(16,17)13-7-6-11-4-1-2-5-12(11)10-13/h6-7,10,15H,1-5,8-9,14H2. The third-order valence-corrected chi connectivity index (χ3v) is 4.76. The summed E-state index contributed by atoms with van der Waals surface area (Å²) in [5, 5.41) is 0. The molecule has 0 spiro atoms. The molecule has 2 rings (SSSR count). The summed E-state index contributed by atoms with van der Waals surface area (Å²) in [4.78, 5) is 0.375. The van der Waals surface area contributed by atoms with Crippen molar-refractivity contribution in [2.24, 2.45) is 5.73 Å². The molecule has 0 amide bonds. The highest BCUT2D eigenvalue weighted by molar-refractivity contribution is 7.89. The van der Waals surface area contributed by atoms with Crippen molar-refractivity contribution in [1.29, 1.82) is 0 Å². The lowest BCUT2D eigenvalue weighted by molar-refractivity contribution is 0.579. The van der Waals surface area contributed by atoms with Gasteiger partial charge in [-0.3, -0.25) is 0 Å². The fourth-order valence-corrected chi connectivity index (χ4v) is 3.39. The largest absolute Gasteiger partial charge is 0.330 e. The Morgan fingerprint density at radius 3 is 2.61 bits per heavy atom. The molecule has 0 aliphatic heterocycles.